The van der Waals surface area contributed by atoms with Crippen molar-refractivity contribution in [2.45, 2.75) is 32.1 Å². The van der Waals surface area contributed by atoms with Crippen molar-refractivity contribution >= 4 is 5.91 Å². The van der Waals surface area contributed by atoms with Gasteiger partial charge in [0.1, 0.15) is 12.1 Å². The average Bonchev–Trinajstić information content (AvgIpc) is 2.69. The first kappa shape index (κ1) is 18.6. The number of likely N-dealkylation sites (N-methyl/N-ethyl adjacent to an activating group) is 1. The Morgan fingerprint density at radius 3 is 2.35 bits per heavy atom. The fourth-order valence-electron chi connectivity index (χ4n) is 3.56. The third-order valence-electron chi connectivity index (χ3n) is 5.03. The van der Waals surface area contributed by atoms with Crippen molar-refractivity contribution in [3.63, 3.8) is 0 Å². The monoisotopic (exact) mass is 352 g/mol. The first-order chi connectivity index (χ1) is 12.6. The molecule has 1 fully saturated rings. The van der Waals surface area contributed by atoms with Crippen LogP contribution in [0.4, 0.5) is 0 Å². The zero-order chi connectivity index (χ0) is 18.5. The highest BCUT2D eigenvalue weighted by atomic mass is 16.5. The molecule has 0 bridgehead atoms. The highest BCUT2D eigenvalue weighted by Crippen LogP contribution is 2.29. The Morgan fingerprint density at radius 2 is 1.73 bits per heavy atom. The van der Waals surface area contributed by atoms with Crippen LogP contribution in [-0.4, -0.2) is 48.5 Å². The smallest absolute Gasteiger partial charge is 0.244 e. The Morgan fingerprint density at radius 1 is 1.12 bits per heavy atom. The minimum absolute atomic E-state index is 0.0151. The van der Waals surface area contributed by atoms with E-state index in [0.717, 1.165) is 17.7 Å². The van der Waals surface area contributed by atoms with Gasteiger partial charge in [0.15, 0.2) is 0 Å². The van der Waals surface area contributed by atoms with Crippen LogP contribution < -0.4 is 0 Å². The zero-order valence-corrected chi connectivity index (χ0v) is 15.8. The van der Waals surface area contributed by atoms with E-state index in [9.17, 15) is 4.79 Å². The summed E-state index contributed by atoms with van der Waals surface area (Å²) in [4.78, 5) is 17.5. The van der Waals surface area contributed by atoms with Gasteiger partial charge in [-0.3, -0.25) is 9.69 Å². The summed E-state index contributed by atoms with van der Waals surface area (Å²) in [5.74, 6) is 0.150. The van der Waals surface area contributed by atoms with Crippen molar-refractivity contribution in [3.05, 3.63) is 71.8 Å². The zero-order valence-electron chi connectivity index (χ0n) is 15.8. The number of hydrogen-bond donors (Lipinski definition) is 0. The molecule has 1 aliphatic rings. The Bertz CT molecular complexity index is 705. The normalized spacial score (nSPS) is 21.6. The standard InChI is InChI=1S/C22H28N2O2/c1-4-23(3)21(19-13-9-6-10-14-19)22(25)24-15-17(2)26-20(16-24)18-11-7-5-8-12-18/h5-14,17,20-21H,4,15-16H2,1-3H3. The number of carbonyl (C=O) groups is 1. The number of morpholine rings is 1. The summed E-state index contributed by atoms with van der Waals surface area (Å²) < 4.78 is 6.12. The Labute approximate surface area is 156 Å². The molecule has 1 heterocycles. The largest absolute Gasteiger partial charge is 0.367 e. The second kappa shape index (κ2) is 8.47. The molecule has 138 valence electrons. The molecule has 0 aliphatic carbocycles. The third-order valence-corrected chi connectivity index (χ3v) is 5.03. The predicted octanol–water partition coefficient (Wildman–Crippen LogP) is 3.67. The number of carbonyl (C=O) groups excluding carboxylic acids is 1. The molecule has 3 unspecified atom stereocenters. The molecule has 2 aromatic rings. The molecule has 1 saturated heterocycles. The van der Waals surface area contributed by atoms with E-state index in [1.165, 1.54) is 0 Å². The van der Waals surface area contributed by atoms with E-state index < -0.39 is 0 Å². The molecule has 0 saturated carbocycles. The molecule has 3 atom stereocenters. The highest BCUT2D eigenvalue weighted by Gasteiger charge is 2.34. The van der Waals surface area contributed by atoms with Crippen LogP contribution in [0.5, 0.6) is 0 Å². The van der Waals surface area contributed by atoms with Gasteiger partial charge >= 0.3 is 0 Å². The van der Waals surface area contributed by atoms with Gasteiger partial charge in [-0.25, -0.2) is 0 Å². The average molecular weight is 352 g/mol. The molecular formula is C22H28N2O2. The van der Waals surface area contributed by atoms with Crippen molar-refractivity contribution in [1.29, 1.82) is 0 Å². The van der Waals surface area contributed by atoms with Crippen LogP contribution in [0.2, 0.25) is 0 Å². The van der Waals surface area contributed by atoms with Crippen LogP contribution >= 0.6 is 0 Å². The van der Waals surface area contributed by atoms with Crippen molar-refractivity contribution in [1.82, 2.24) is 9.80 Å². The molecule has 2 aromatic carbocycles. The quantitative estimate of drug-likeness (QED) is 0.823. The van der Waals surface area contributed by atoms with E-state index in [-0.39, 0.29) is 24.2 Å². The minimum Gasteiger partial charge on any atom is -0.367 e. The number of amides is 1. The number of benzene rings is 2. The van der Waals surface area contributed by atoms with Crippen molar-refractivity contribution in [2.24, 2.45) is 0 Å². The Hall–Kier alpha value is -2.17. The van der Waals surface area contributed by atoms with Crippen molar-refractivity contribution < 1.29 is 9.53 Å². The van der Waals surface area contributed by atoms with Gasteiger partial charge in [0, 0.05) is 6.54 Å². The maximum absolute atomic E-state index is 13.5. The fraction of sp³-hybridized carbons (Fsp3) is 0.409. The molecule has 3 rings (SSSR count). The van der Waals surface area contributed by atoms with E-state index in [1.54, 1.807) is 0 Å². The van der Waals surface area contributed by atoms with Gasteiger partial charge in [-0.2, -0.15) is 0 Å². The maximum Gasteiger partial charge on any atom is 0.244 e. The van der Waals surface area contributed by atoms with Gasteiger partial charge in [0.25, 0.3) is 0 Å². The number of rotatable bonds is 5. The second-order valence-electron chi connectivity index (χ2n) is 6.98. The first-order valence-electron chi connectivity index (χ1n) is 9.34. The van der Waals surface area contributed by atoms with Gasteiger partial charge in [-0.05, 0) is 31.6 Å². The Kier molecular flexibility index (Phi) is 6.07. The van der Waals surface area contributed by atoms with Gasteiger partial charge in [0.2, 0.25) is 5.91 Å². The Balaban J connectivity index is 1.84. The molecule has 0 aromatic heterocycles. The van der Waals surface area contributed by atoms with Crippen molar-refractivity contribution in [3.8, 4) is 0 Å². The van der Waals surface area contributed by atoms with Crippen LogP contribution in [0.3, 0.4) is 0 Å². The second-order valence-corrected chi connectivity index (χ2v) is 6.98. The predicted molar refractivity (Wildman–Crippen MR) is 104 cm³/mol. The minimum atomic E-state index is -0.261. The van der Waals surface area contributed by atoms with Gasteiger partial charge < -0.3 is 9.64 Å². The lowest BCUT2D eigenvalue weighted by Crippen LogP contribution is -2.50. The summed E-state index contributed by atoms with van der Waals surface area (Å²) in [5.41, 5.74) is 2.16. The highest BCUT2D eigenvalue weighted by molar-refractivity contribution is 5.83. The summed E-state index contributed by atoms with van der Waals surface area (Å²) in [6.45, 7) is 6.15. The lowest BCUT2D eigenvalue weighted by molar-refractivity contribution is -0.150. The van der Waals surface area contributed by atoms with Gasteiger partial charge in [-0.15, -0.1) is 0 Å². The lowest BCUT2D eigenvalue weighted by Gasteiger charge is -2.40. The maximum atomic E-state index is 13.5. The van der Waals surface area contributed by atoms with Crippen molar-refractivity contribution in [2.75, 3.05) is 26.7 Å². The summed E-state index contributed by atoms with van der Waals surface area (Å²) in [5, 5.41) is 0. The van der Waals surface area contributed by atoms with Crippen LogP contribution in [0.1, 0.15) is 37.1 Å². The molecule has 1 aliphatic heterocycles. The van der Waals surface area contributed by atoms with Crippen LogP contribution in [0, 0.1) is 0 Å². The van der Waals surface area contributed by atoms with E-state index in [1.807, 2.05) is 67.4 Å². The van der Waals surface area contributed by atoms with Crippen LogP contribution in [0.25, 0.3) is 0 Å². The molecule has 4 heteroatoms. The fourth-order valence-corrected chi connectivity index (χ4v) is 3.56. The summed E-state index contributed by atoms with van der Waals surface area (Å²) in [7, 11) is 2.01. The van der Waals surface area contributed by atoms with E-state index >= 15 is 0 Å². The topological polar surface area (TPSA) is 32.8 Å². The molecule has 0 radical (unpaired) electrons. The SMILES string of the molecule is CCN(C)C(C(=O)N1CC(C)OC(c2ccccc2)C1)c1ccccc1. The van der Waals surface area contributed by atoms with Gasteiger partial charge in [0.05, 0.1) is 12.6 Å². The lowest BCUT2D eigenvalue weighted by atomic mass is 10.0. The van der Waals surface area contributed by atoms with Gasteiger partial charge in [-0.1, -0.05) is 67.6 Å². The molecule has 4 nitrogen and oxygen atoms in total. The molecule has 26 heavy (non-hydrogen) atoms. The first-order valence-corrected chi connectivity index (χ1v) is 9.34. The van der Waals surface area contributed by atoms with Crippen LogP contribution in [0.15, 0.2) is 60.7 Å². The number of ether oxygens (including phenoxy) is 1. The molecule has 0 spiro atoms. The number of nitrogens with zero attached hydrogens (tertiary/aromatic N) is 2. The molecule has 1 amide bonds. The summed E-state index contributed by atoms with van der Waals surface area (Å²) in [6, 6.07) is 19.9. The molecule has 0 N–H and O–H groups in total. The molecular weight excluding hydrogens is 324 g/mol. The summed E-state index contributed by atoms with van der Waals surface area (Å²) in [6.07, 6.45) is -0.0616. The van der Waals surface area contributed by atoms with E-state index in [4.69, 9.17) is 4.74 Å². The van der Waals surface area contributed by atoms with E-state index in [0.29, 0.717) is 13.1 Å². The summed E-state index contributed by atoms with van der Waals surface area (Å²) >= 11 is 0. The number of hydrogen-bond acceptors (Lipinski definition) is 3. The third kappa shape index (κ3) is 4.14. The van der Waals surface area contributed by atoms with Crippen LogP contribution in [-0.2, 0) is 9.53 Å². The van der Waals surface area contributed by atoms with E-state index in [2.05, 4.69) is 24.0 Å².